The van der Waals surface area contributed by atoms with Crippen LogP contribution in [-0.2, 0) is 68.8 Å². The van der Waals surface area contributed by atoms with Crippen molar-refractivity contribution >= 4 is 17.3 Å². The minimum absolute atomic E-state index is 0.0376. The molecule has 0 spiro atoms. The number of likely N-dealkylation sites (tertiary alicyclic amines) is 7. The molecule has 814 valence electrons. The number of aliphatic hydroxyl groups is 2. The summed E-state index contributed by atoms with van der Waals surface area (Å²) in [5.41, 5.74) is 7.32. The molecule has 0 aliphatic carbocycles. The van der Waals surface area contributed by atoms with Crippen LogP contribution >= 0.6 is 0 Å². The number of piperidine rings is 7. The van der Waals surface area contributed by atoms with E-state index >= 15 is 0 Å². The summed E-state index contributed by atoms with van der Waals surface area (Å²) in [5.74, 6) is 2.56. The Balaban J connectivity index is 0.000000165. The van der Waals surface area contributed by atoms with E-state index < -0.39 is 11.2 Å². The Morgan fingerprint density at radius 3 is 1.03 bits per heavy atom. The van der Waals surface area contributed by atoms with E-state index in [9.17, 15) is 24.6 Å². The second-order valence-electron chi connectivity index (χ2n) is 47.3. The summed E-state index contributed by atoms with van der Waals surface area (Å²) in [4.78, 5) is 91.9. The van der Waals surface area contributed by atoms with Crippen LogP contribution in [0, 0.1) is 28.1 Å². The van der Waals surface area contributed by atoms with Crippen molar-refractivity contribution in [2.24, 2.45) is 28.1 Å². The van der Waals surface area contributed by atoms with Gasteiger partial charge in [0.2, 0.25) is 0 Å². The molecule has 0 radical (unpaired) electrons. The van der Waals surface area contributed by atoms with E-state index in [0.29, 0.717) is 104 Å². The number of carbonyl (C=O) groups is 3. The third kappa shape index (κ3) is 40.8. The van der Waals surface area contributed by atoms with Gasteiger partial charge in [-0.25, -0.2) is 0 Å². The van der Waals surface area contributed by atoms with Gasteiger partial charge in [0.05, 0.1) is 36.6 Å². The first-order valence-corrected chi connectivity index (χ1v) is 57.1. The highest BCUT2D eigenvalue weighted by Gasteiger charge is 2.44. The fourth-order valence-corrected chi connectivity index (χ4v) is 23.7. The molecule has 2 unspecified atom stereocenters. The molecular formula is C122H194N18O7. The Kier molecular flexibility index (Phi) is 49.5. The van der Waals surface area contributed by atoms with Crippen LogP contribution in [-0.4, -0.2) is 343 Å². The number of likely N-dealkylation sites (N-methyl/N-ethyl adjacent to an activating group) is 2. The van der Waals surface area contributed by atoms with Gasteiger partial charge in [0.1, 0.15) is 17.3 Å². The van der Waals surface area contributed by atoms with Crippen molar-refractivity contribution in [2.75, 3.05) is 165 Å². The number of ether oxygens (including phenoxy) is 2. The van der Waals surface area contributed by atoms with Gasteiger partial charge in [0.15, 0.2) is 0 Å². The van der Waals surface area contributed by atoms with Gasteiger partial charge >= 0.3 is 0 Å². The highest BCUT2D eigenvalue weighted by molar-refractivity contribution is 5.81. The van der Waals surface area contributed by atoms with Gasteiger partial charge in [-0.2, -0.15) is 0 Å². The molecule has 0 bridgehead atoms. The van der Waals surface area contributed by atoms with Crippen molar-refractivity contribution in [1.82, 2.24) is 89.6 Å². The molecule has 4 N–H and O–H groups in total. The summed E-state index contributed by atoms with van der Waals surface area (Å²) in [6.07, 6.45) is 40.2. The summed E-state index contributed by atoms with van der Waals surface area (Å²) in [5, 5.41) is 27.7. The lowest BCUT2D eigenvalue weighted by Gasteiger charge is -2.47. The number of morpholine rings is 2. The molecule has 2 atom stereocenters. The fourth-order valence-electron chi connectivity index (χ4n) is 23.7. The van der Waals surface area contributed by atoms with Crippen LogP contribution in [0.4, 0.5) is 0 Å². The first-order chi connectivity index (χ1) is 70.6. The lowest BCUT2D eigenvalue weighted by atomic mass is 9.70. The molecule has 0 amide bonds. The Morgan fingerprint density at radius 1 is 0.361 bits per heavy atom. The molecule has 10 aliphatic rings. The van der Waals surface area contributed by atoms with Gasteiger partial charge in [-0.05, 0) is 411 Å². The minimum Gasteiger partial charge on any atom is -0.389 e. The second-order valence-corrected chi connectivity index (χ2v) is 47.3. The van der Waals surface area contributed by atoms with E-state index in [1.54, 1.807) is 12.4 Å². The van der Waals surface area contributed by atoms with E-state index in [1.807, 2.05) is 104 Å². The van der Waals surface area contributed by atoms with Gasteiger partial charge in [-0.15, -0.1) is 0 Å². The number of nitrogens with zero attached hydrogens (tertiary/aromatic N) is 16. The number of pyridine rings is 7. The first-order valence-electron chi connectivity index (χ1n) is 57.1. The smallest absolute Gasteiger partial charge is 0.136 e. The van der Waals surface area contributed by atoms with Crippen LogP contribution in [0.3, 0.4) is 0 Å². The fraction of sp³-hybridized carbons (Fsp3) is 0.689. The zero-order valence-electron chi connectivity index (χ0n) is 94.0. The summed E-state index contributed by atoms with van der Waals surface area (Å²) in [7, 11) is 4.43. The maximum atomic E-state index is 13.1. The summed E-state index contributed by atoms with van der Waals surface area (Å²) in [6.45, 7) is 57.2. The lowest BCUT2D eigenvalue weighted by molar-refractivity contribution is -0.127. The van der Waals surface area contributed by atoms with Crippen molar-refractivity contribution in [3.8, 4) is 0 Å². The monoisotopic (exact) mass is 2020 g/mol. The molecule has 10 aliphatic heterocycles. The van der Waals surface area contributed by atoms with Crippen molar-refractivity contribution in [1.29, 1.82) is 0 Å². The van der Waals surface area contributed by atoms with Gasteiger partial charge in [0, 0.05) is 255 Å². The van der Waals surface area contributed by atoms with Crippen molar-refractivity contribution in [3.63, 3.8) is 0 Å². The third-order valence-corrected chi connectivity index (χ3v) is 34.0. The highest BCUT2D eigenvalue weighted by Crippen LogP contribution is 2.44. The van der Waals surface area contributed by atoms with Gasteiger partial charge < -0.3 is 69.5 Å². The molecule has 147 heavy (non-hydrogen) atoms. The number of Topliss-reactive ketones (excluding diaryl/α,β-unsaturated/α-hetero) is 3. The van der Waals surface area contributed by atoms with E-state index in [4.69, 9.17) is 9.47 Å². The van der Waals surface area contributed by atoms with Crippen molar-refractivity contribution in [2.45, 2.75) is 348 Å². The zero-order chi connectivity index (χ0) is 105. The Labute approximate surface area is 887 Å². The zero-order valence-corrected chi connectivity index (χ0v) is 94.0. The number of rotatable bonds is 35. The number of nitrogens with one attached hydrogen (secondary N) is 2. The average Bonchev–Trinajstić information content (AvgIpc) is 0.806. The van der Waals surface area contributed by atoms with Crippen molar-refractivity contribution < 1.29 is 34.1 Å². The molecular weight excluding hydrogens is 1830 g/mol. The highest BCUT2D eigenvalue weighted by atomic mass is 16.5. The van der Waals surface area contributed by atoms with Crippen LogP contribution in [0.25, 0.3) is 0 Å². The van der Waals surface area contributed by atoms with Gasteiger partial charge in [0.25, 0.3) is 0 Å². The van der Waals surface area contributed by atoms with Gasteiger partial charge in [-0.3, -0.25) is 54.2 Å². The van der Waals surface area contributed by atoms with E-state index in [1.165, 1.54) is 63.3 Å². The second kappa shape index (κ2) is 60.8. The topological polar surface area (TPSA) is 254 Å². The summed E-state index contributed by atoms with van der Waals surface area (Å²) >= 11 is 0. The molecule has 10 saturated heterocycles. The predicted molar refractivity (Wildman–Crippen MR) is 598 cm³/mol. The summed E-state index contributed by atoms with van der Waals surface area (Å²) < 4.78 is 11.6. The Morgan fingerprint density at radius 2 is 0.701 bits per heavy atom. The van der Waals surface area contributed by atoms with Crippen LogP contribution < -0.4 is 10.6 Å². The Hall–Kier alpha value is -7.54. The molecule has 25 heteroatoms. The maximum absolute atomic E-state index is 13.1. The first kappa shape index (κ1) is 120. The Bertz CT molecular complexity index is 4660. The van der Waals surface area contributed by atoms with Crippen LogP contribution in [0.1, 0.15) is 272 Å². The molecule has 25 nitrogen and oxygen atoms in total. The van der Waals surface area contributed by atoms with Crippen LogP contribution in [0.5, 0.6) is 0 Å². The molecule has 0 aromatic carbocycles. The minimum atomic E-state index is -0.556. The molecule has 10 fully saturated rings. The van der Waals surface area contributed by atoms with E-state index in [2.05, 4.69) is 262 Å². The van der Waals surface area contributed by atoms with E-state index in [0.717, 1.165) is 268 Å². The number of hydrogen-bond donors (Lipinski definition) is 4. The molecule has 0 saturated carbocycles. The average molecular weight is 2030 g/mol. The normalized spacial score (nSPS) is 21.8. The molecule has 7 aromatic rings. The van der Waals surface area contributed by atoms with Crippen LogP contribution in [0.15, 0.2) is 171 Å². The molecule has 17 heterocycles. The number of ketones is 3. The maximum Gasteiger partial charge on any atom is 0.136 e. The largest absolute Gasteiger partial charge is 0.389 e. The number of hydrogen-bond acceptors (Lipinski definition) is 25. The molecule has 7 aromatic heterocycles. The van der Waals surface area contributed by atoms with Crippen LogP contribution in [0.2, 0.25) is 0 Å². The van der Waals surface area contributed by atoms with Gasteiger partial charge in [-0.1, -0.05) is 49.4 Å². The predicted octanol–water partition coefficient (Wildman–Crippen LogP) is 17.2. The number of aromatic nitrogens is 7. The van der Waals surface area contributed by atoms with E-state index in [-0.39, 0.29) is 34.0 Å². The number of carbonyl (C=O) groups excluding carboxylic acids is 3. The third-order valence-electron chi connectivity index (χ3n) is 34.0. The standard InChI is InChI=1S/C23H37N3O2.C21H33N3O2.C20H31N3O.C16H27N3.2C14H22N2O.C14H22N2/c1-4-25-13-14-28-22(18-25)15-21(27)17-23(16-20-7-5-6-10-24-20)8-11-26(12-9-23)19(2)3;1-17(2)24-10-6-21(7-11-24,14-18-5-3-4-8-23-18)15-19(25)13-20-16-22-9-12-26-20;1-16(2)23-9-6-20(7-10-23,12-18-5-3-4-8-22-18)13-19(24)11-17-14-21-15-17;1-14(2)19-11-8-16(9-12-19,18(3)4)13-15-7-5-6-10-17-15;1-12(2)16-8-5-14(17,6-9-16)10-13-4-3-7-15-11-13;1-12(2)16-9-6-14(17,7-10-16)11-13-5-3-4-8-15-13;1-12(2)16-9-6-13(7-10-16)11-14-5-3-4-8-15-14/h5-7,10,19,22H,4,8-9,11-18H2,1-3H3;3-5,8,17,20,22H,6-7,9-16H2,1-2H3;3-5,8,16-17,21H,6-7,9-15H2,1-2H3;5-7,10,14H,8-9,11-13H2,1-4H3;3-4,7,11-12,17H,5-6,8-10H2,1-2H3;3-5,8,12,17H,6-7,9-11H2,1-2H3;3-5,8,12-13H,6-7,9-11H2,1-2H3. The lowest BCUT2D eigenvalue weighted by Crippen LogP contribution is -2.55. The van der Waals surface area contributed by atoms with Crippen molar-refractivity contribution in [3.05, 3.63) is 211 Å². The SMILES string of the molecule is CC(C)N1CCC(CC(=O)CC2CNC2)(Cc2ccccn2)CC1.CC(C)N1CCC(CC(=O)CC2CNCCO2)(Cc2ccccn2)CC1.CC(C)N1CCC(Cc2ccccn2)(N(C)C)CC1.CC(C)N1CCC(Cc2ccccn2)CC1.CC(C)N1CCC(O)(Cc2ccccn2)CC1.CC(C)N1CCC(O)(Cc2cccnc2)CC1.CCN1CCOC(CC(=O)CC2(Cc3ccccn3)CCN(C(C)C)CC2)C1. The summed E-state index contributed by atoms with van der Waals surface area (Å²) in [6, 6.07) is 44.9. The quantitative estimate of drug-likeness (QED) is 0.0288. The molecule has 17 rings (SSSR count).